The maximum absolute atomic E-state index is 9.91. The second kappa shape index (κ2) is 5.52. The largest absolute Gasteiger partial charge is 0.505 e. The Morgan fingerprint density at radius 3 is 2.32 bits per heavy atom. The molecule has 0 aliphatic carbocycles. The lowest BCUT2D eigenvalue weighted by molar-refractivity contribution is 0.415. The van der Waals surface area contributed by atoms with Gasteiger partial charge in [0.25, 0.3) is 0 Å². The van der Waals surface area contributed by atoms with Gasteiger partial charge in [0.2, 0.25) is 0 Å². The quantitative estimate of drug-likeness (QED) is 0.826. The van der Waals surface area contributed by atoms with Gasteiger partial charge in [-0.3, -0.25) is 0 Å². The smallest absolute Gasteiger partial charge is 0.146 e. The van der Waals surface area contributed by atoms with E-state index in [1.807, 2.05) is 44.2 Å². The van der Waals surface area contributed by atoms with Gasteiger partial charge in [-0.15, -0.1) is 5.11 Å². The van der Waals surface area contributed by atoms with Crippen molar-refractivity contribution in [3.05, 3.63) is 47.5 Å². The number of methoxy groups -OCH3 is 1. The van der Waals surface area contributed by atoms with Crippen molar-refractivity contribution in [3.8, 4) is 11.5 Å². The number of rotatable bonds is 3. The lowest BCUT2D eigenvalue weighted by atomic mass is 10.1. The first kappa shape index (κ1) is 13.1. The van der Waals surface area contributed by atoms with Crippen molar-refractivity contribution in [2.75, 3.05) is 7.11 Å². The van der Waals surface area contributed by atoms with E-state index < -0.39 is 0 Å². The summed E-state index contributed by atoms with van der Waals surface area (Å²) in [6, 6.07) is 11.0. The molecule has 0 aliphatic rings. The maximum Gasteiger partial charge on any atom is 0.146 e. The molecule has 0 fully saturated rings. The van der Waals surface area contributed by atoms with Gasteiger partial charge in [-0.25, -0.2) is 0 Å². The van der Waals surface area contributed by atoms with Crippen molar-refractivity contribution >= 4 is 11.4 Å². The Kier molecular flexibility index (Phi) is 3.80. The standard InChI is InChI=1S/C15H16N2O2/c1-10-8-11(2)15(18)14(9-10)17-16-12-4-6-13(19-3)7-5-12/h4-9,18H,1-3H3. The molecule has 0 unspecified atom stereocenters. The average Bonchev–Trinajstić information content (AvgIpc) is 2.41. The number of aromatic hydroxyl groups is 1. The minimum absolute atomic E-state index is 0.169. The van der Waals surface area contributed by atoms with Crippen LogP contribution in [-0.2, 0) is 0 Å². The third kappa shape index (κ3) is 3.10. The molecule has 98 valence electrons. The Morgan fingerprint density at radius 1 is 1.00 bits per heavy atom. The van der Waals surface area contributed by atoms with Gasteiger partial charge in [0.15, 0.2) is 0 Å². The average molecular weight is 256 g/mol. The molecule has 2 aromatic carbocycles. The monoisotopic (exact) mass is 256 g/mol. The number of aryl methyl sites for hydroxylation is 2. The minimum atomic E-state index is 0.169. The minimum Gasteiger partial charge on any atom is -0.505 e. The Hall–Kier alpha value is -2.36. The summed E-state index contributed by atoms with van der Waals surface area (Å²) in [7, 11) is 1.62. The zero-order chi connectivity index (χ0) is 13.8. The summed E-state index contributed by atoms with van der Waals surface area (Å²) in [6.07, 6.45) is 0. The summed E-state index contributed by atoms with van der Waals surface area (Å²) < 4.78 is 5.07. The van der Waals surface area contributed by atoms with Crippen LogP contribution in [0.3, 0.4) is 0 Å². The number of hydrogen-bond donors (Lipinski definition) is 1. The van der Waals surface area contributed by atoms with E-state index in [4.69, 9.17) is 4.74 Å². The summed E-state index contributed by atoms with van der Waals surface area (Å²) in [5.74, 6) is 0.941. The molecule has 0 aliphatic heterocycles. The molecular weight excluding hydrogens is 240 g/mol. The number of ether oxygens (including phenoxy) is 1. The summed E-state index contributed by atoms with van der Waals surface area (Å²) in [5.41, 5.74) is 3.02. The van der Waals surface area contributed by atoms with E-state index in [1.165, 1.54) is 0 Å². The van der Waals surface area contributed by atoms with Crippen molar-refractivity contribution < 1.29 is 9.84 Å². The summed E-state index contributed by atoms with van der Waals surface area (Å²) >= 11 is 0. The van der Waals surface area contributed by atoms with Crippen LogP contribution >= 0.6 is 0 Å². The molecule has 19 heavy (non-hydrogen) atoms. The molecule has 4 nitrogen and oxygen atoms in total. The van der Waals surface area contributed by atoms with Crippen LogP contribution in [0.5, 0.6) is 11.5 Å². The summed E-state index contributed by atoms with van der Waals surface area (Å²) in [4.78, 5) is 0. The zero-order valence-corrected chi connectivity index (χ0v) is 11.2. The molecule has 0 atom stereocenters. The first-order valence-corrected chi connectivity index (χ1v) is 5.96. The van der Waals surface area contributed by atoms with Crippen LogP contribution in [0.15, 0.2) is 46.6 Å². The molecule has 0 spiro atoms. The third-order valence-corrected chi connectivity index (χ3v) is 2.77. The number of phenols is 1. The first-order valence-electron chi connectivity index (χ1n) is 5.96. The molecular formula is C15H16N2O2. The van der Waals surface area contributed by atoms with Gasteiger partial charge in [0.05, 0.1) is 12.8 Å². The molecule has 1 N–H and O–H groups in total. The van der Waals surface area contributed by atoms with Crippen LogP contribution in [0, 0.1) is 13.8 Å². The van der Waals surface area contributed by atoms with Crippen molar-refractivity contribution in [1.82, 2.24) is 0 Å². The number of azo groups is 1. The van der Waals surface area contributed by atoms with Crippen molar-refractivity contribution in [2.45, 2.75) is 13.8 Å². The molecule has 4 heteroatoms. The van der Waals surface area contributed by atoms with Gasteiger partial charge in [-0.2, -0.15) is 5.11 Å². The van der Waals surface area contributed by atoms with Crippen LogP contribution in [0.2, 0.25) is 0 Å². The Bertz CT molecular complexity index is 604. The Labute approximate surface area is 112 Å². The van der Waals surface area contributed by atoms with Crippen LogP contribution < -0.4 is 4.74 Å². The van der Waals surface area contributed by atoms with E-state index in [1.54, 1.807) is 13.2 Å². The predicted octanol–water partition coefficient (Wildman–Crippen LogP) is 4.43. The van der Waals surface area contributed by atoms with Crippen LogP contribution in [0.1, 0.15) is 11.1 Å². The molecule has 0 amide bonds. The number of hydrogen-bond acceptors (Lipinski definition) is 4. The third-order valence-electron chi connectivity index (χ3n) is 2.77. The van der Waals surface area contributed by atoms with Gasteiger partial charge in [0.1, 0.15) is 17.2 Å². The maximum atomic E-state index is 9.91. The Morgan fingerprint density at radius 2 is 1.68 bits per heavy atom. The molecule has 0 heterocycles. The second-order valence-corrected chi connectivity index (χ2v) is 4.35. The van der Waals surface area contributed by atoms with E-state index in [0.29, 0.717) is 11.4 Å². The van der Waals surface area contributed by atoms with Crippen LogP contribution in [0.4, 0.5) is 11.4 Å². The number of phenolic OH excluding ortho intramolecular Hbond substituents is 1. The SMILES string of the molecule is COc1ccc(N=Nc2cc(C)cc(C)c2O)cc1. The van der Waals surface area contributed by atoms with Crippen molar-refractivity contribution in [2.24, 2.45) is 10.2 Å². The molecule has 0 aromatic heterocycles. The fourth-order valence-corrected chi connectivity index (χ4v) is 1.77. The zero-order valence-electron chi connectivity index (χ0n) is 11.2. The molecule has 0 saturated carbocycles. The molecule has 2 rings (SSSR count). The number of benzene rings is 2. The molecule has 0 bridgehead atoms. The fraction of sp³-hybridized carbons (Fsp3) is 0.200. The lowest BCUT2D eigenvalue weighted by Gasteiger charge is -2.03. The van der Waals surface area contributed by atoms with Crippen LogP contribution in [-0.4, -0.2) is 12.2 Å². The summed E-state index contributed by atoms with van der Waals surface area (Å²) in [6.45, 7) is 3.80. The van der Waals surface area contributed by atoms with Gasteiger partial charge >= 0.3 is 0 Å². The highest BCUT2D eigenvalue weighted by molar-refractivity contribution is 5.57. The number of nitrogens with zero attached hydrogens (tertiary/aromatic N) is 2. The normalized spacial score (nSPS) is 10.9. The molecule has 0 radical (unpaired) electrons. The van der Waals surface area contributed by atoms with Crippen LogP contribution in [0.25, 0.3) is 0 Å². The highest BCUT2D eigenvalue weighted by Gasteiger charge is 2.04. The van der Waals surface area contributed by atoms with Gasteiger partial charge in [0, 0.05) is 0 Å². The lowest BCUT2D eigenvalue weighted by Crippen LogP contribution is -1.80. The van der Waals surface area contributed by atoms with Crippen molar-refractivity contribution in [1.29, 1.82) is 0 Å². The second-order valence-electron chi connectivity index (χ2n) is 4.35. The van der Waals surface area contributed by atoms with E-state index in [-0.39, 0.29) is 5.75 Å². The molecule has 2 aromatic rings. The Balaban J connectivity index is 2.27. The van der Waals surface area contributed by atoms with Gasteiger partial charge in [-0.05, 0) is 55.3 Å². The first-order chi connectivity index (χ1) is 9.10. The van der Waals surface area contributed by atoms with Crippen molar-refractivity contribution in [3.63, 3.8) is 0 Å². The van der Waals surface area contributed by atoms with Gasteiger partial charge < -0.3 is 9.84 Å². The van der Waals surface area contributed by atoms with Gasteiger partial charge in [-0.1, -0.05) is 6.07 Å². The van der Waals surface area contributed by atoms with E-state index in [2.05, 4.69) is 10.2 Å². The van der Waals surface area contributed by atoms with E-state index in [0.717, 1.165) is 16.9 Å². The fourth-order valence-electron chi connectivity index (χ4n) is 1.77. The molecule has 0 saturated heterocycles. The van der Waals surface area contributed by atoms with E-state index >= 15 is 0 Å². The highest BCUT2D eigenvalue weighted by Crippen LogP contribution is 2.32. The van der Waals surface area contributed by atoms with E-state index in [9.17, 15) is 5.11 Å². The topological polar surface area (TPSA) is 54.2 Å². The highest BCUT2D eigenvalue weighted by atomic mass is 16.5. The predicted molar refractivity (Wildman–Crippen MR) is 74.8 cm³/mol. The summed E-state index contributed by atoms with van der Waals surface area (Å²) in [5, 5.41) is 18.1.